The summed E-state index contributed by atoms with van der Waals surface area (Å²) in [5.41, 5.74) is 0. The van der Waals surface area contributed by atoms with Gasteiger partial charge in [0.1, 0.15) is 0 Å². The summed E-state index contributed by atoms with van der Waals surface area (Å²) in [6.07, 6.45) is 0. The van der Waals surface area contributed by atoms with Gasteiger partial charge in [0.2, 0.25) is 0 Å². The molecule has 0 heterocycles. The number of hydrogen-bond donors (Lipinski definition) is 2. The molecule has 0 aliphatic heterocycles. The van der Waals surface area contributed by atoms with E-state index in [1.807, 2.05) is 14.1 Å². The van der Waals surface area contributed by atoms with E-state index in [1.54, 1.807) is 7.05 Å². The lowest BCUT2D eigenvalue weighted by atomic mass is 10.9. The Hall–Kier alpha value is -0.730. The van der Waals surface area contributed by atoms with E-state index in [1.165, 1.54) is 0 Å². The predicted octanol–water partition coefficient (Wildman–Crippen LogP) is 0.0471. The molecule has 3 heteroatoms. The van der Waals surface area contributed by atoms with Gasteiger partial charge in [-0.15, -0.1) is 0 Å². The average Bonchev–Trinajstić information content (AvgIpc) is 1.72. The second kappa shape index (κ2) is 6.27. The molecule has 8 heavy (non-hydrogen) atoms. The van der Waals surface area contributed by atoms with Gasteiger partial charge in [-0.25, -0.2) is 0 Å². The van der Waals surface area contributed by atoms with Gasteiger partial charge >= 0.3 is 0 Å². The fourth-order valence-electron chi connectivity index (χ4n) is 0.349. The van der Waals surface area contributed by atoms with Crippen LogP contribution in [-0.2, 0) is 0 Å². The van der Waals surface area contributed by atoms with Crippen LogP contribution in [0, 0.1) is 0 Å². The van der Waals surface area contributed by atoms with Crippen LogP contribution in [0.15, 0.2) is 4.99 Å². The molecule has 0 aromatic rings. The molecule has 0 amide bonds. The molecule has 0 radical (unpaired) electrons. The normalized spacial score (nSPS) is 6.38. The van der Waals surface area contributed by atoms with Gasteiger partial charge < -0.3 is 10.6 Å². The Morgan fingerprint density at radius 3 is 1.62 bits per heavy atom. The Morgan fingerprint density at radius 1 is 1.25 bits per heavy atom. The summed E-state index contributed by atoms with van der Waals surface area (Å²) >= 11 is 0. The Morgan fingerprint density at radius 2 is 1.62 bits per heavy atom. The number of guanidine groups is 1. The van der Waals surface area contributed by atoms with Crippen LogP contribution in [-0.4, -0.2) is 27.1 Å². The molecule has 0 saturated carbocycles. The van der Waals surface area contributed by atoms with Gasteiger partial charge in [0.05, 0.1) is 0 Å². The van der Waals surface area contributed by atoms with Crippen molar-refractivity contribution in [3.63, 3.8) is 0 Å². The molecule has 0 atom stereocenters. The van der Waals surface area contributed by atoms with E-state index < -0.39 is 0 Å². The van der Waals surface area contributed by atoms with E-state index in [9.17, 15) is 0 Å². The van der Waals surface area contributed by atoms with E-state index >= 15 is 0 Å². The van der Waals surface area contributed by atoms with Crippen LogP contribution in [0.4, 0.5) is 0 Å². The van der Waals surface area contributed by atoms with E-state index in [-0.39, 0.29) is 7.43 Å². The first kappa shape index (κ1) is 10.3. The summed E-state index contributed by atoms with van der Waals surface area (Å²) in [6.45, 7) is 0. The largest absolute Gasteiger partial charge is 0.359 e. The standard InChI is InChI=1S/C4H11N3.CH4/c1-5-4(6-2)7-3;/h1-3H3,(H2,5,6,7);1H4. The van der Waals surface area contributed by atoms with Crippen molar-refractivity contribution in [3.05, 3.63) is 0 Å². The van der Waals surface area contributed by atoms with Gasteiger partial charge in [0.25, 0.3) is 0 Å². The Balaban J connectivity index is 0. The van der Waals surface area contributed by atoms with E-state index in [0.29, 0.717) is 0 Å². The molecule has 0 bridgehead atoms. The van der Waals surface area contributed by atoms with Gasteiger partial charge in [0.15, 0.2) is 5.96 Å². The third kappa shape index (κ3) is 3.46. The number of nitrogens with one attached hydrogen (secondary N) is 2. The molecule has 0 unspecified atom stereocenters. The molecule has 50 valence electrons. The highest BCUT2D eigenvalue weighted by Gasteiger charge is 1.79. The van der Waals surface area contributed by atoms with Crippen LogP contribution >= 0.6 is 0 Å². The Labute approximate surface area is 51.2 Å². The minimum atomic E-state index is 0. The van der Waals surface area contributed by atoms with Crippen molar-refractivity contribution in [2.45, 2.75) is 7.43 Å². The summed E-state index contributed by atoms with van der Waals surface area (Å²) in [5.74, 6) is 0.806. The lowest BCUT2D eigenvalue weighted by Gasteiger charge is -1.99. The summed E-state index contributed by atoms with van der Waals surface area (Å²) in [7, 11) is 5.36. The van der Waals surface area contributed by atoms with Gasteiger partial charge in [0, 0.05) is 21.1 Å². The lowest BCUT2D eigenvalue weighted by Crippen LogP contribution is -2.31. The molecule has 0 spiro atoms. The fraction of sp³-hybridized carbons (Fsp3) is 0.800. The first-order valence-electron chi connectivity index (χ1n) is 2.17. The zero-order chi connectivity index (χ0) is 5.70. The van der Waals surface area contributed by atoms with Gasteiger partial charge in [-0.05, 0) is 0 Å². The maximum Gasteiger partial charge on any atom is 0.190 e. The van der Waals surface area contributed by atoms with Crippen molar-refractivity contribution >= 4 is 5.96 Å². The van der Waals surface area contributed by atoms with E-state index in [2.05, 4.69) is 15.6 Å². The third-order valence-corrected chi connectivity index (χ3v) is 0.697. The van der Waals surface area contributed by atoms with E-state index in [4.69, 9.17) is 0 Å². The topological polar surface area (TPSA) is 36.4 Å². The Bertz CT molecular complexity index is 62.1. The van der Waals surface area contributed by atoms with Crippen molar-refractivity contribution in [1.29, 1.82) is 0 Å². The molecular formula is C5H15N3. The minimum Gasteiger partial charge on any atom is -0.359 e. The number of hydrogen-bond acceptors (Lipinski definition) is 1. The Kier molecular flexibility index (Phi) is 8.07. The summed E-state index contributed by atoms with van der Waals surface area (Å²) in [6, 6.07) is 0. The van der Waals surface area contributed by atoms with Gasteiger partial charge in [-0.3, -0.25) is 4.99 Å². The highest BCUT2D eigenvalue weighted by molar-refractivity contribution is 5.78. The number of aliphatic imine (C=N–C) groups is 1. The molecule has 0 saturated heterocycles. The molecule has 0 aliphatic rings. The monoisotopic (exact) mass is 117 g/mol. The molecule has 3 nitrogen and oxygen atoms in total. The third-order valence-electron chi connectivity index (χ3n) is 0.697. The second-order valence-corrected chi connectivity index (χ2v) is 1.07. The van der Waals surface area contributed by atoms with Crippen molar-refractivity contribution in [3.8, 4) is 0 Å². The first-order chi connectivity index (χ1) is 3.35. The highest BCUT2D eigenvalue weighted by atomic mass is 15.1. The summed E-state index contributed by atoms with van der Waals surface area (Å²) < 4.78 is 0. The van der Waals surface area contributed by atoms with Crippen LogP contribution < -0.4 is 10.6 Å². The molecule has 0 aliphatic carbocycles. The summed E-state index contributed by atoms with van der Waals surface area (Å²) in [5, 5.41) is 5.68. The van der Waals surface area contributed by atoms with Crippen LogP contribution in [0.1, 0.15) is 7.43 Å². The maximum absolute atomic E-state index is 3.82. The quantitative estimate of drug-likeness (QED) is 0.347. The smallest absolute Gasteiger partial charge is 0.190 e. The van der Waals surface area contributed by atoms with Crippen molar-refractivity contribution in [1.82, 2.24) is 10.6 Å². The van der Waals surface area contributed by atoms with Gasteiger partial charge in [-0.1, -0.05) is 7.43 Å². The van der Waals surface area contributed by atoms with Crippen LogP contribution in [0.3, 0.4) is 0 Å². The van der Waals surface area contributed by atoms with Crippen LogP contribution in [0.2, 0.25) is 0 Å². The van der Waals surface area contributed by atoms with Crippen molar-refractivity contribution in [2.24, 2.45) is 4.99 Å². The van der Waals surface area contributed by atoms with Crippen LogP contribution in [0.5, 0.6) is 0 Å². The molecule has 0 rings (SSSR count). The number of rotatable bonds is 0. The lowest BCUT2D eigenvalue weighted by molar-refractivity contribution is 1.01. The van der Waals surface area contributed by atoms with E-state index in [0.717, 1.165) is 5.96 Å². The van der Waals surface area contributed by atoms with Crippen molar-refractivity contribution < 1.29 is 0 Å². The van der Waals surface area contributed by atoms with Crippen molar-refractivity contribution in [2.75, 3.05) is 21.1 Å². The second-order valence-electron chi connectivity index (χ2n) is 1.07. The molecule has 0 aromatic heterocycles. The maximum atomic E-state index is 3.82. The zero-order valence-corrected chi connectivity index (χ0v) is 4.95. The molecule has 0 aromatic carbocycles. The fourth-order valence-corrected chi connectivity index (χ4v) is 0.349. The molecule has 2 N–H and O–H groups in total. The summed E-state index contributed by atoms with van der Waals surface area (Å²) in [4.78, 5) is 3.82. The SMILES string of the molecule is C.CN=C(NC)NC. The average molecular weight is 117 g/mol. The molecular weight excluding hydrogens is 102 g/mol. The van der Waals surface area contributed by atoms with Gasteiger partial charge in [-0.2, -0.15) is 0 Å². The predicted molar refractivity (Wildman–Crippen MR) is 38.2 cm³/mol. The zero-order valence-electron chi connectivity index (χ0n) is 4.95. The number of nitrogens with zero attached hydrogens (tertiary/aromatic N) is 1. The first-order valence-corrected chi connectivity index (χ1v) is 2.17. The van der Waals surface area contributed by atoms with Crippen LogP contribution in [0.25, 0.3) is 0 Å². The molecule has 0 fully saturated rings. The minimum absolute atomic E-state index is 0. The highest BCUT2D eigenvalue weighted by Crippen LogP contribution is 1.55.